The molecule has 2 heterocycles. The molecule has 0 bridgehead atoms. The second kappa shape index (κ2) is 7.59. The summed E-state index contributed by atoms with van der Waals surface area (Å²) in [6.45, 7) is 3.49. The van der Waals surface area contributed by atoms with Crippen molar-refractivity contribution in [1.82, 2.24) is 19.6 Å². The van der Waals surface area contributed by atoms with Gasteiger partial charge in [-0.2, -0.15) is 0 Å². The van der Waals surface area contributed by atoms with E-state index in [1.54, 1.807) is 11.9 Å². The second-order valence-corrected chi connectivity index (χ2v) is 7.41. The smallest absolute Gasteiger partial charge is 0.327 e. The molecule has 28 heavy (non-hydrogen) atoms. The van der Waals surface area contributed by atoms with Gasteiger partial charge in [-0.3, -0.25) is 19.4 Å². The van der Waals surface area contributed by atoms with Crippen LogP contribution >= 0.6 is 0 Å². The van der Waals surface area contributed by atoms with Gasteiger partial charge in [-0.25, -0.2) is 4.79 Å². The van der Waals surface area contributed by atoms with E-state index in [0.29, 0.717) is 13.1 Å². The first-order chi connectivity index (χ1) is 13.5. The third kappa shape index (κ3) is 3.57. The van der Waals surface area contributed by atoms with E-state index in [9.17, 15) is 14.4 Å². The third-order valence-corrected chi connectivity index (χ3v) is 5.52. The Labute approximate surface area is 164 Å². The highest BCUT2D eigenvalue weighted by Gasteiger charge is 2.36. The van der Waals surface area contributed by atoms with Crippen LogP contribution in [-0.4, -0.2) is 83.8 Å². The topological polar surface area (TPSA) is 64.2 Å². The van der Waals surface area contributed by atoms with Crippen molar-refractivity contribution in [3.05, 3.63) is 48.0 Å². The van der Waals surface area contributed by atoms with Gasteiger partial charge >= 0.3 is 6.03 Å². The number of likely N-dealkylation sites (N-methyl/N-ethyl adjacent to an activating group) is 1. The molecule has 0 radical (unpaired) electrons. The molecule has 0 unspecified atom stereocenters. The van der Waals surface area contributed by atoms with Crippen molar-refractivity contribution in [2.75, 3.05) is 46.3 Å². The summed E-state index contributed by atoms with van der Waals surface area (Å²) in [6.07, 6.45) is 0. The highest BCUT2D eigenvalue weighted by atomic mass is 16.2. The standard InChI is InChI=1S/C21H24N4O3/c1-22-14-20(27)25(21(22)28)15-19(26)24-11-9-23(10-12-24)13-17-7-4-6-16-5-2-3-8-18(16)17/h2-8H,9-15H2,1H3. The lowest BCUT2D eigenvalue weighted by molar-refractivity contribution is -0.137. The molecule has 4 rings (SSSR count). The molecule has 0 saturated carbocycles. The molecule has 2 aromatic rings. The first kappa shape index (κ1) is 18.4. The van der Waals surface area contributed by atoms with Crippen LogP contribution in [0.2, 0.25) is 0 Å². The fraction of sp³-hybridized carbons (Fsp3) is 0.381. The zero-order chi connectivity index (χ0) is 19.7. The van der Waals surface area contributed by atoms with Crippen LogP contribution < -0.4 is 0 Å². The first-order valence-electron chi connectivity index (χ1n) is 9.55. The monoisotopic (exact) mass is 380 g/mol. The minimum absolute atomic E-state index is 0.0466. The molecule has 2 saturated heterocycles. The lowest BCUT2D eigenvalue weighted by Gasteiger charge is -2.35. The lowest BCUT2D eigenvalue weighted by atomic mass is 10.0. The van der Waals surface area contributed by atoms with Crippen LogP contribution in [0.3, 0.4) is 0 Å². The summed E-state index contributed by atoms with van der Waals surface area (Å²) in [4.78, 5) is 42.8. The molecule has 7 heteroatoms. The number of benzene rings is 2. The van der Waals surface area contributed by atoms with Crippen LogP contribution in [0.1, 0.15) is 5.56 Å². The second-order valence-electron chi connectivity index (χ2n) is 7.41. The molecule has 0 atom stereocenters. The van der Waals surface area contributed by atoms with Crippen molar-refractivity contribution in [2.45, 2.75) is 6.54 Å². The SMILES string of the molecule is CN1CC(=O)N(CC(=O)N2CCN(Cc3cccc4ccccc34)CC2)C1=O. The van der Waals surface area contributed by atoms with E-state index in [2.05, 4.69) is 41.3 Å². The Balaban J connectivity index is 1.34. The van der Waals surface area contributed by atoms with Crippen molar-refractivity contribution in [3.63, 3.8) is 0 Å². The minimum Gasteiger partial charge on any atom is -0.339 e. The van der Waals surface area contributed by atoms with Gasteiger partial charge in [-0.15, -0.1) is 0 Å². The average Bonchev–Trinajstić information content (AvgIpc) is 2.95. The Morgan fingerprint density at radius 3 is 2.39 bits per heavy atom. The predicted octanol–water partition coefficient (Wildman–Crippen LogP) is 1.38. The van der Waals surface area contributed by atoms with Gasteiger partial charge in [0.2, 0.25) is 5.91 Å². The number of urea groups is 1. The third-order valence-electron chi connectivity index (χ3n) is 5.52. The number of fused-ring (bicyclic) bond motifs is 1. The van der Waals surface area contributed by atoms with E-state index >= 15 is 0 Å². The number of rotatable bonds is 4. The highest BCUT2D eigenvalue weighted by molar-refractivity contribution is 6.04. The molecular weight excluding hydrogens is 356 g/mol. The van der Waals surface area contributed by atoms with Crippen molar-refractivity contribution < 1.29 is 14.4 Å². The first-order valence-corrected chi connectivity index (χ1v) is 9.55. The minimum atomic E-state index is -0.395. The largest absolute Gasteiger partial charge is 0.339 e. The van der Waals surface area contributed by atoms with Gasteiger partial charge in [0.05, 0.1) is 0 Å². The summed E-state index contributed by atoms with van der Waals surface area (Å²) in [6, 6.07) is 14.3. The van der Waals surface area contributed by atoms with E-state index in [1.807, 2.05) is 6.07 Å². The van der Waals surface area contributed by atoms with Gasteiger partial charge in [0.1, 0.15) is 13.1 Å². The summed E-state index contributed by atoms with van der Waals surface area (Å²) < 4.78 is 0. The van der Waals surface area contributed by atoms with Crippen LogP contribution in [0.5, 0.6) is 0 Å². The highest BCUT2D eigenvalue weighted by Crippen LogP contribution is 2.20. The van der Waals surface area contributed by atoms with Gasteiger partial charge in [0, 0.05) is 39.8 Å². The van der Waals surface area contributed by atoms with Crippen LogP contribution in [0, 0.1) is 0 Å². The van der Waals surface area contributed by atoms with E-state index < -0.39 is 6.03 Å². The quantitative estimate of drug-likeness (QED) is 0.752. The molecule has 0 aromatic heterocycles. The maximum atomic E-state index is 12.5. The van der Waals surface area contributed by atoms with E-state index in [0.717, 1.165) is 24.5 Å². The Morgan fingerprint density at radius 2 is 1.68 bits per heavy atom. The number of imide groups is 1. The van der Waals surface area contributed by atoms with Crippen LogP contribution in [0.4, 0.5) is 4.79 Å². The molecule has 2 fully saturated rings. The fourth-order valence-corrected chi connectivity index (χ4v) is 3.89. The van der Waals surface area contributed by atoms with Gasteiger partial charge in [-0.1, -0.05) is 42.5 Å². The van der Waals surface area contributed by atoms with Crippen LogP contribution in [0.25, 0.3) is 10.8 Å². The predicted molar refractivity (Wildman–Crippen MR) is 106 cm³/mol. The van der Waals surface area contributed by atoms with Crippen LogP contribution in [-0.2, 0) is 16.1 Å². The molecule has 4 amide bonds. The molecule has 2 aromatic carbocycles. The molecule has 2 aliphatic rings. The normalized spacial score (nSPS) is 18.4. The fourth-order valence-electron chi connectivity index (χ4n) is 3.89. The average molecular weight is 380 g/mol. The number of hydrogen-bond donors (Lipinski definition) is 0. The summed E-state index contributed by atoms with van der Waals surface area (Å²) in [5.41, 5.74) is 1.29. The van der Waals surface area contributed by atoms with E-state index in [1.165, 1.54) is 21.2 Å². The number of piperazine rings is 1. The Bertz CT molecular complexity index is 916. The molecule has 7 nitrogen and oxygen atoms in total. The zero-order valence-electron chi connectivity index (χ0n) is 16.0. The summed E-state index contributed by atoms with van der Waals surface area (Å²) >= 11 is 0. The molecule has 0 N–H and O–H groups in total. The molecule has 146 valence electrons. The molecular formula is C21H24N4O3. The maximum absolute atomic E-state index is 12.5. The van der Waals surface area contributed by atoms with Gasteiger partial charge < -0.3 is 9.80 Å². The summed E-state index contributed by atoms with van der Waals surface area (Å²) in [7, 11) is 1.57. The van der Waals surface area contributed by atoms with Gasteiger partial charge in [0.15, 0.2) is 0 Å². The maximum Gasteiger partial charge on any atom is 0.327 e. The van der Waals surface area contributed by atoms with Gasteiger partial charge in [0.25, 0.3) is 5.91 Å². The Hall–Kier alpha value is -2.93. The molecule has 0 aliphatic carbocycles. The lowest BCUT2D eigenvalue weighted by Crippen LogP contribution is -2.51. The molecule has 2 aliphatic heterocycles. The van der Waals surface area contributed by atoms with E-state index in [4.69, 9.17) is 0 Å². The zero-order valence-corrected chi connectivity index (χ0v) is 16.0. The van der Waals surface area contributed by atoms with E-state index in [-0.39, 0.29) is 24.9 Å². The number of amides is 4. The Morgan fingerprint density at radius 1 is 0.964 bits per heavy atom. The number of carbonyl (C=O) groups excluding carboxylic acids is 3. The van der Waals surface area contributed by atoms with Crippen LogP contribution in [0.15, 0.2) is 42.5 Å². The number of nitrogens with zero attached hydrogens (tertiary/aromatic N) is 4. The summed E-state index contributed by atoms with van der Waals surface area (Å²) in [5, 5.41) is 2.50. The number of hydrogen-bond acceptors (Lipinski definition) is 4. The summed E-state index contributed by atoms with van der Waals surface area (Å²) in [5.74, 6) is -0.475. The van der Waals surface area contributed by atoms with Crippen molar-refractivity contribution in [2.24, 2.45) is 0 Å². The van der Waals surface area contributed by atoms with Crippen molar-refractivity contribution >= 4 is 28.6 Å². The van der Waals surface area contributed by atoms with Crippen molar-refractivity contribution in [1.29, 1.82) is 0 Å². The molecule has 0 spiro atoms. The van der Waals surface area contributed by atoms with Gasteiger partial charge in [-0.05, 0) is 16.3 Å². The van der Waals surface area contributed by atoms with Crippen molar-refractivity contribution in [3.8, 4) is 0 Å². The Kier molecular flexibility index (Phi) is 5.00. The number of carbonyl (C=O) groups is 3.